The highest BCUT2D eigenvalue weighted by atomic mass is 35.5. The number of hydrogen-bond donors (Lipinski definition) is 2. The molecule has 2 rings (SSSR count). The summed E-state index contributed by atoms with van der Waals surface area (Å²) >= 11 is 7.73. The Morgan fingerprint density at radius 3 is 2.94 bits per heavy atom. The minimum Gasteiger partial charge on any atom is -0.270 e. The SMILES string of the molecule is CCc1cccnc1C(NN)c1sccc1Cl. The zero-order chi connectivity index (χ0) is 12.3. The fourth-order valence-corrected chi connectivity index (χ4v) is 3.03. The van der Waals surface area contributed by atoms with Crippen LogP contribution in [-0.2, 0) is 6.42 Å². The van der Waals surface area contributed by atoms with E-state index >= 15 is 0 Å². The Labute approximate surface area is 110 Å². The first-order valence-corrected chi connectivity index (χ1v) is 6.66. The van der Waals surface area contributed by atoms with Gasteiger partial charge >= 0.3 is 0 Å². The van der Waals surface area contributed by atoms with Crippen LogP contribution in [0.15, 0.2) is 29.8 Å². The molecule has 0 bridgehead atoms. The average Bonchev–Trinajstić information content (AvgIpc) is 2.78. The van der Waals surface area contributed by atoms with Gasteiger partial charge in [-0.2, -0.15) is 0 Å². The summed E-state index contributed by atoms with van der Waals surface area (Å²) in [7, 11) is 0. The molecule has 0 aliphatic carbocycles. The van der Waals surface area contributed by atoms with Gasteiger partial charge in [-0.1, -0.05) is 24.6 Å². The molecule has 90 valence electrons. The molecular weight excluding hydrogens is 254 g/mol. The maximum Gasteiger partial charge on any atom is 0.0990 e. The number of halogens is 1. The van der Waals surface area contributed by atoms with E-state index in [0.717, 1.165) is 22.0 Å². The number of nitrogens with two attached hydrogens (primary N) is 1. The zero-order valence-corrected chi connectivity index (χ0v) is 11.1. The molecule has 17 heavy (non-hydrogen) atoms. The highest BCUT2D eigenvalue weighted by Crippen LogP contribution is 2.32. The third-order valence-corrected chi connectivity index (χ3v) is 4.08. The van der Waals surface area contributed by atoms with E-state index in [1.807, 2.05) is 17.5 Å². The van der Waals surface area contributed by atoms with E-state index in [4.69, 9.17) is 17.4 Å². The summed E-state index contributed by atoms with van der Waals surface area (Å²) in [6, 6.07) is 5.74. The predicted octanol–water partition coefficient (Wildman–Crippen LogP) is 2.91. The topological polar surface area (TPSA) is 50.9 Å². The maximum atomic E-state index is 6.15. The van der Waals surface area contributed by atoms with E-state index in [1.54, 1.807) is 17.5 Å². The van der Waals surface area contributed by atoms with Crippen molar-refractivity contribution in [3.63, 3.8) is 0 Å². The Morgan fingerprint density at radius 1 is 1.53 bits per heavy atom. The van der Waals surface area contributed by atoms with Gasteiger partial charge in [-0.25, -0.2) is 5.43 Å². The highest BCUT2D eigenvalue weighted by Gasteiger charge is 2.20. The Bertz CT molecular complexity index is 498. The fourth-order valence-electron chi connectivity index (χ4n) is 1.80. The van der Waals surface area contributed by atoms with Gasteiger partial charge in [0.25, 0.3) is 0 Å². The van der Waals surface area contributed by atoms with Crippen LogP contribution in [0.1, 0.15) is 29.1 Å². The van der Waals surface area contributed by atoms with E-state index in [2.05, 4.69) is 23.4 Å². The van der Waals surface area contributed by atoms with Gasteiger partial charge in [0.15, 0.2) is 0 Å². The number of rotatable bonds is 4. The van der Waals surface area contributed by atoms with Gasteiger partial charge in [-0.05, 0) is 29.5 Å². The summed E-state index contributed by atoms with van der Waals surface area (Å²) in [6.07, 6.45) is 2.70. The number of pyridine rings is 1. The van der Waals surface area contributed by atoms with Crippen molar-refractivity contribution in [2.24, 2.45) is 5.84 Å². The number of aryl methyl sites for hydroxylation is 1. The molecule has 2 heterocycles. The van der Waals surface area contributed by atoms with E-state index in [1.165, 1.54) is 5.56 Å². The molecule has 0 spiro atoms. The number of nitrogens with zero attached hydrogens (tertiary/aromatic N) is 1. The molecule has 3 nitrogen and oxygen atoms in total. The summed E-state index contributed by atoms with van der Waals surface area (Å²) < 4.78 is 0. The summed E-state index contributed by atoms with van der Waals surface area (Å²) in [5.41, 5.74) is 4.93. The highest BCUT2D eigenvalue weighted by molar-refractivity contribution is 7.10. The van der Waals surface area contributed by atoms with Gasteiger partial charge in [0, 0.05) is 11.1 Å². The number of aromatic nitrogens is 1. The Balaban J connectivity index is 2.46. The predicted molar refractivity (Wildman–Crippen MR) is 72.1 cm³/mol. The molecule has 2 aromatic rings. The van der Waals surface area contributed by atoms with Gasteiger partial charge in [0.2, 0.25) is 0 Å². The van der Waals surface area contributed by atoms with Gasteiger partial charge in [-0.3, -0.25) is 10.8 Å². The molecule has 0 saturated carbocycles. The molecule has 3 N–H and O–H groups in total. The van der Waals surface area contributed by atoms with Crippen molar-refractivity contribution in [1.29, 1.82) is 0 Å². The van der Waals surface area contributed by atoms with E-state index in [0.29, 0.717) is 0 Å². The van der Waals surface area contributed by atoms with Crippen molar-refractivity contribution in [2.75, 3.05) is 0 Å². The van der Waals surface area contributed by atoms with Crippen molar-refractivity contribution < 1.29 is 0 Å². The lowest BCUT2D eigenvalue weighted by atomic mass is 10.0. The first-order valence-electron chi connectivity index (χ1n) is 5.40. The Kier molecular flexibility index (Phi) is 4.12. The van der Waals surface area contributed by atoms with Crippen molar-refractivity contribution in [3.8, 4) is 0 Å². The maximum absolute atomic E-state index is 6.15. The molecule has 1 atom stereocenters. The molecule has 0 radical (unpaired) electrons. The van der Waals surface area contributed by atoms with Crippen LogP contribution < -0.4 is 11.3 Å². The van der Waals surface area contributed by atoms with E-state index < -0.39 is 0 Å². The molecule has 2 aromatic heterocycles. The van der Waals surface area contributed by atoms with Crippen LogP contribution in [0.2, 0.25) is 5.02 Å². The lowest BCUT2D eigenvalue weighted by molar-refractivity contribution is 0.623. The second kappa shape index (κ2) is 5.60. The quantitative estimate of drug-likeness (QED) is 0.662. The van der Waals surface area contributed by atoms with Crippen LogP contribution in [-0.4, -0.2) is 4.98 Å². The second-order valence-electron chi connectivity index (χ2n) is 3.63. The first-order chi connectivity index (χ1) is 8.27. The van der Waals surface area contributed by atoms with Gasteiger partial charge < -0.3 is 0 Å². The number of hydrogen-bond acceptors (Lipinski definition) is 4. The minimum absolute atomic E-state index is 0.140. The van der Waals surface area contributed by atoms with Crippen LogP contribution in [0, 0.1) is 0 Å². The largest absolute Gasteiger partial charge is 0.270 e. The normalized spacial score (nSPS) is 12.6. The molecule has 0 saturated heterocycles. The summed E-state index contributed by atoms with van der Waals surface area (Å²) in [4.78, 5) is 5.43. The number of hydrazine groups is 1. The van der Waals surface area contributed by atoms with Gasteiger partial charge in [0.1, 0.15) is 0 Å². The van der Waals surface area contributed by atoms with E-state index in [-0.39, 0.29) is 6.04 Å². The summed E-state index contributed by atoms with van der Waals surface area (Å²) in [6.45, 7) is 2.10. The van der Waals surface area contributed by atoms with E-state index in [9.17, 15) is 0 Å². The Hall–Kier alpha value is -0.940. The number of nitrogens with one attached hydrogen (secondary N) is 1. The van der Waals surface area contributed by atoms with Crippen molar-refractivity contribution >= 4 is 22.9 Å². The molecule has 0 aliphatic heterocycles. The van der Waals surface area contributed by atoms with Crippen LogP contribution in [0.5, 0.6) is 0 Å². The molecule has 0 amide bonds. The first kappa shape index (κ1) is 12.5. The van der Waals surface area contributed by atoms with Crippen molar-refractivity contribution in [1.82, 2.24) is 10.4 Å². The van der Waals surface area contributed by atoms with Crippen LogP contribution in [0.3, 0.4) is 0 Å². The monoisotopic (exact) mass is 267 g/mol. The lowest BCUT2D eigenvalue weighted by Crippen LogP contribution is -2.29. The Morgan fingerprint density at radius 2 is 2.35 bits per heavy atom. The zero-order valence-electron chi connectivity index (χ0n) is 9.48. The van der Waals surface area contributed by atoms with Gasteiger partial charge in [0.05, 0.1) is 16.8 Å². The molecule has 0 aliphatic rings. The minimum atomic E-state index is -0.140. The fraction of sp³-hybridized carbons (Fsp3) is 0.250. The molecule has 1 unspecified atom stereocenters. The van der Waals surface area contributed by atoms with Crippen LogP contribution in [0.25, 0.3) is 0 Å². The molecule has 0 fully saturated rings. The van der Waals surface area contributed by atoms with Gasteiger partial charge in [-0.15, -0.1) is 11.3 Å². The molecule has 5 heteroatoms. The summed E-state index contributed by atoms with van der Waals surface area (Å²) in [5, 5.41) is 2.68. The third-order valence-electron chi connectivity index (χ3n) is 2.65. The molecular formula is C12H14ClN3S. The average molecular weight is 268 g/mol. The number of thiophene rings is 1. The second-order valence-corrected chi connectivity index (χ2v) is 4.99. The lowest BCUT2D eigenvalue weighted by Gasteiger charge is -2.17. The smallest absolute Gasteiger partial charge is 0.0990 e. The third kappa shape index (κ3) is 2.50. The van der Waals surface area contributed by atoms with Crippen LogP contribution >= 0.6 is 22.9 Å². The van der Waals surface area contributed by atoms with Crippen LogP contribution in [0.4, 0.5) is 0 Å². The summed E-state index contributed by atoms with van der Waals surface area (Å²) in [5.74, 6) is 5.65. The van der Waals surface area contributed by atoms with Crippen molar-refractivity contribution in [2.45, 2.75) is 19.4 Å². The van der Waals surface area contributed by atoms with Crippen molar-refractivity contribution in [3.05, 3.63) is 50.9 Å². The standard InChI is InChI=1S/C12H14ClN3S/c1-2-8-4-3-6-15-10(8)11(16-14)12-9(13)5-7-17-12/h3-7,11,16H,2,14H2,1H3. The molecule has 0 aromatic carbocycles.